The third-order valence-corrected chi connectivity index (χ3v) is 4.63. The van der Waals surface area contributed by atoms with Gasteiger partial charge in [0.05, 0.1) is 11.1 Å². The Morgan fingerprint density at radius 3 is 1.31 bits per heavy atom. The summed E-state index contributed by atoms with van der Waals surface area (Å²) in [7, 11) is 0. The van der Waals surface area contributed by atoms with Crippen molar-refractivity contribution < 1.29 is 47.1 Å². The van der Waals surface area contributed by atoms with Crippen LogP contribution in [-0.4, -0.2) is 22.2 Å². The molecule has 0 aliphatic rings. The summed E-state index contributed by atoms with van der Waals surface area (Å²) in [5.74, 6) is -1.75. The number of carbonyl (C=O) groups is 2. The van der Waals surface area contributed by atoms with Crippen LogP contribution in [0.1, 0.15) is 31.8 Å². The maximum absolute atomic E-state index is 10.8. The van der Waals surface area contributed by atoms with Crippen molar-refractivity contribution in [2.75, 3.05) is 0 Å². The van der Waals surface area contributed by atoms with Gasteiger partial charge in [-0.1, -0.05) is 48.5 Å². The Labute approximate surface area is 189 Å². The summed E-state index contributed by atoms with van der Waals surface area (Å²) < 4.78 is 0. The van der Waals surface area contributed by atoms with E-state index in [1.807, 2.05) is 62.4 Å². The molecule has 0 spiro atoms. The van der Waals surface area contributed by atoms with E-state index in [4.69, 9.17) is 10.2 Å². The van der Waals surface area contributed by atoms with Gasteiger partial charge in [-0.15, -0.1) is 0 Å². The second-order valence-corrected chi connectivity index (χ2v) is 6.64. The summed E-state index contributed by atoms with van der Waals surface area (Å²) >= 11 is 0. The van der Waals surface area contributed by atoms with Gasteiger partial charge in [-0.2, -0.15) is 0 Å². The molecule has 4 aromatic carbocycles. The molecular weight excluding hydrogens is 465 g/mol. The van der Waals surface area contributed by atoms with Crippen LogP contribution in [0.5, 0.6) is 0 Å². The molecule has 4 aromatic rings. The molecule has 0 aliphatic heterocycles. The predicted octanol–water partition coefficient (Wildman–Crippen LogP) is 5.69. The minimum Gasteiger partial charge on any atom is -0.478 e. The Morgan fingerprint density at radius 1 is 0.621 bits per heavy atom. The third-order valence-electron chi connectivity index (χ3n) is 4.63. The fourth-order valence-corrected chi connectivity index (χ4v) is 3.25. The zero-order valence-corrected chi connectivity index (χ0v) is 20.4. The first kappa shape index (κ1) is 22.6. The van der Waals surface area contributed by atoms with Crippen LogP contribution in [-0.2, 0) is 27.3 Å². The molecule has 0 amide bonds. The van der Waals surface area contributed by atoms with Crippen LogP contribution in [0.3, 0.4) is 0 Å². The normalized spacial score (nSPS) is 10.0. The van der Waals surface area contributed by atoms with Crippen LogP contribution >= 0.6 is 0 Å². The van der Waals surface area contributed by atoms with Crippen molar-refractivity contribution in [3.05, 3.63) is 95.1 Å². The van der Waals surface area contributed by atoms with Crippen LogP contribution in [0, 0.1) is 13.8 Å². The maximum Gasteiger partial charge on any atom is 0.335 e. The molecule has 0 fully saturated rings. The van der Waals surface area contributed by atoms with Gasteiger partial charge in [0, 0.05) is 27.3 Å². The predicted molar refractivity (Wildman–Crippen MR) is 111 cm³/mol. The Kier molecular flexibility index (Phi) is 7.50. The zero-order chi connectivity index (χ0) is 20.3. The number of aromatic carboxylic acids is 2. The van der Waals surface area contributed by atoms with Gasteiger partial charge in [-0.05, 0) is 70.8 Å². The van der Waals surface area contributed by atoms with Crippen molar-refractivity contribution in [2.24, 2.45) is 0 Å². The van der Waals surface area contributed by atoms with Crippen molar-refractivity contribution >= 4 is 33.5 Å². The maximum atomic E-state index is 10.8. The molecule has 2 N–H and O–H groups in total. The van der Waals surface area contributed by atoms with Gasteiger partial charge in [0.15, 0.2) is 0 Å². The van der Waals surface area contributed by atoms with E-state index >= 15 is 0 Å². The largest absolute Gasteiger partial charge is 0.478 e. The smallest absolute Gasteiger partial charge is 0.335 e. The van der Waals surface area contributed by atoms with Crippen LogP contribution < -0.4 is 0 Å². The molecule has 0 atom stereocenters. The fraction of sp³-hybridized carbons (Fsp3) is 0.0833. The molecule has 0 heterocycles. The summed E-state index contributed by atoms with van der Waals surface area (Å²) in [5.41, 5.74) is 2.70. The molecule has 4 nitrogen and oxygen atoms in total. The molecule has 0 unspecified atom stereocenters. The molecule has 5 heteroatoms. The van der Waals surface area contributed by atoms with Gasteiger partial charge in [-0.3, -0.25) is 0 Å². The van der Waals surface area contributed by atoms with Gasteiger partial charge >= 0.3 is 11.9 Å². The summed E-state index contributed by atoms with van der Waals surface area (Å²) in [4.78, 5) is 21.6. The number of benzene rings is 4. The molecule has 0 aliphatic carbocycles. The van der Waals surface area contributed by atoms with Crippen molar-refractivity contribution in [1.82, 2.24) is 0 Å². The van der Waals surface area contributed by atoms with Crippen molar-refractivity contribution in [3.63, 3.8) is 0 Å². The topological polar surface area (TPSA) is 74.6 Å². The number of rotatable bonds is 2. The van der Waals surface area contributed by atoms with E-state index in [0.29, 0.717) is 11.1 Å². The molecule has 4 rings (SSSR count). The first-order chi connectivity index (χ1) is 13.4. The summed E-state index contributed by atoms with van der Waals surface area (Å²) in [5, 5.41) is 21.9. The Balaban J connectivity index is 0.000000200. The van der Waals surface area contributed by atoms with Crippen LogP contribution in [0.15, 0.2) is 72.8 Å². The van der Waals surface area contributed by atoms with E-state index in [1.54, 1.807) is 24.3 Å². The van der Waals surface area contributed by atoms with Crippen molar-refractivity contribution in [3.8, 4) is 0 Å². The van der Waals surface area contributed by atoms with Crippen molar-refractivity contribution in [2.45, 2.75) is 13.8 Å². The Morgan fingerprint density at radius 2 is 0.966 bits per heavy atom. The molecule has 0 aromatic heterocycles. The number of carboxylic acid groups (broad SMARTS) is 2. The first-order valence-electron chi connectivity index (χ1n) is 8.82. The second kappa shape index (κ2) is 9.65. The van der Waals surface area contributed by atoms with Crippen LogP contribution in [0.25, 0.3) is 21.5 Å². The fourth-order valence-electron chi connectivity index (χ4n) is 3.25. The quantitative estimate of drug-likeness (QED) is 0.358. The summed E-state index contributed by atoms with van der Waals surface area (Å²) in [6, 6.07) is 22.4. The average molecular weight is 485 g/mol. The summed E-state index contributed by atoms with van der Waals surface area (Å²) in [6.45, 7) is 3.85. The van der Waals surface area contributed by atoms with Gasteiger partial charge in [0.25, 0.3) is 0 Å². The molecule has 0 bridgehead atoms. The zero-order valence-electron chi connectivity index (χ0n) is 16.3. The number of carboxylic acids is 2. The molecular formula is C24H20CdO4. The van der Waals surface area contributed by atoms with Crippen LogP contribution in [0.4, 0.5) is 0 Å². The second-order valence-electron chi connectivity index (χ2n) is 6.64. The molecule has 0 radical (unpaired) electrons. The minimum atomic E-state index is -0.876. The Hall–Kier alpha value is -2.74. The van der Waals surface area contributed by atoms with E-state index < -0.39 is 11.9 Å². The van der Waals surface area contributed by atoms with Gasteiger partial charge < -0.3 is 10.2 Å². The Bertz CT molecular complexity index is 1100. The van der Waals surface area contributed by atoms with E-state index in [2.05, 4.69) is 0 Å². The standard InChI is InChI=1S/2C12H10O2.Cd/c2*1-8-6-10(12(13)14)7-9-4-2-3-5-11(8)9;/h2*2-7H,1H3,(H,13,14);. The van der Waals surface area contributed by atoms with E-state index in [0.717, 1.165) is 32.7 Å². The SMILES string of the molecule is Cc1cc(C(=O)O)cc2ccccc12.Cc1cc(C(=O)O)cc2ccccc12.[Cd]. The van der Waals surface area contributed by atoms with E-state index in [9.17, 15) is 9.59 Å². The number of fused-ring (bicyclic) bond motifs is 2. The molecule has 0 saturated heterocycles. The third kappa shape index (κ3) is 5.20. The minimum absolute atomic E-state index is 0. The molecule has 142 valence electrons. The molecule has 0 saturated carbocycles. The number of hydrogen-bond acceptors (Lipinski definition) is 2. The van der Waals surface area contributed by atoms with Gasteiger partial charge in [-0.25, -0.2) is 9.59 Å². The number of hydrogen-bond donors (Lipinski definition) is 2. The molecule has 29 heavy (non-hydrogen) atoms. The number of aryl methyl sites for hydroxylation is 2. The van der Waals surface area contributed by atoms with Crippen molar-refractivity contribution in [1.29, 1.82) is 0 Å². The van der Waals surface area contributed by atoms with E-state index in [-0.39, 0.29) is 27.3 Å². The van der Waals surface area contributed by atoms with E-state index in [1.165, 1.54) is 0 Å². The van der Waals surface area contributed by atoms with Gasteiger partial charge in [0.1, 0.15) is 0 Å². The average Bonchev–Trinajstić information content (AvgIpc) is 2.68. The van der Waals surface area contributed by atoms with Crippen LogP contribution in [0.2, 0.25) is 0 Å². The van der Waals surface area contributed by atoms with Gasteiger partial charge in [0.2, 0.25) is 0 Å². The monoisotopic (exact) mass is 486 g/mol. The first-order valence-corrected chi connectivity index (χ1v) is 8.82. The summed E-state index contributed by atoms with van der Waals surface area (Å²) in [6.07, 6.45) is 0.